The van der Waals surface area contributed by atoms with Crippen molar-refractivity contribution in [2.75, 3.05) is 5.73 Å². The molecule has 0 aliphatic rings. The molecule has 4 aromatic rings. The SMILES string of the molecule is Cc1cc(-c2c(-c3cccc(F)c3)nc(N)c3nnnn23)cc(Cl)n1. The van der Waals surface area contributed by atoms with E-state index in [9.17, 15) is 4.39 Å². The molecule has 0 unspecified atom stereocenters. The molecular formula is C16H11ClFN7. The standard InChI is InChI=1S/C16H11ClFN7/c1-8-5-10(7-12(17)20-8)14-13(9-3-2-4-11(18)6-9)21-15(19)16-22-23-24-25(14)16/h2-7H,1H3,(H2,19,21). The van der Waals surface area contributed by atoms with Crippen molar-refractivity contribution in [2.45, 2.75) is 6.92 Å². The quantitative estimate of drug-likeness (QED) is 0.555. The minimum absolute atomic E-state index is 0.143. The third kappa shape index (κ3) is 2.66. The molecule has 1 aromatic carbocycles. The maximum Gasteiger partial charge on any atom is 0.222 e. The summed E-state index contributed by atoms with van der Waals surface area (Å²) in [7, 11) is 0. The number of tetrazole rings is 1. The summed E-state index contributed by atoms with van der Waals surface area (Å²) in [5.74, 6) is -0.241. The fourth-order valence-corrected chi connectivity index (χ4v) is 2.93. The number of nitrogen functional groups attached to an aromatic ring is 1. The zero-order chi connectivity index (χ0) is 17.6. The van der Waals surface area contributed by atoms with Crippen LogP contribution in [0.15, 0.2) is 36.4 Å². The Morgan fingerprint density at radius 3 is 2.72 bits per heavy atom. The van der Waals surface area contributed by atoms with E-state index in [-0.39, 0.29) is 11.6 Å². The van der Waals surface area contributed by atoms with Gasteiger partial charge in [-0.3, -0.25) is 0 Å². The van der Waals surface area contributed by atoms with Crippen LogP contribution in [0.3, 0.4) is 0 Å². The normalized spacial score (nSPS) is 11.2. The largest absolute Gasteiger partial charge is 0.380 e. The first-order valence-corrected chi connectivity index (χ1v) is 7.69. The van der Waals surface area contributed by atoms with Crippen molar-refractivity contribution in [1.29, 1.82) is 0 Å². The molecule has 0 saturated heterocycles. The van der Waals surface area contributed by atoms with Crippen LogP contribution in [0, 0.1) is 12.7 Å². The average Bonchev–Trinajstić information content (AvgIpc) is 3.03. The van der Waals surface area contributed by atoms with Crippen LogP contribution in [0.4, 0.5) is 10.2 Å². The van der Waals surface area contributed by atoms with Gasteiger partial charge in [-0.2, -0.15) is 4.52 Å². The van der Waals surface area contributed by atoms with E-state index in [0.29, 0.717) is 39.0 Å². The second-order valence-electron chi connectivity index (χ2n) is 5.44. The van der Waals surface area contributed by atoms with Gasteiger partial charge >= 0.3 is 0 Å². The van der Waals surface area contributed by atoms with Crippen molar-refractivity contribution in [3.05, 3.63) is 53.1 Å². The number of aryl methyl sites for hydroxylation is 1. The molecule has 0 bridgehead atoms. The van der Waals surface area contributed by atoms with E-state index in [2.05, 4.69) is 25.5 Å². The van der Waals surface area contributed by atoms with Crippen LogP contribution in [-0.4, -0.2) is 30.0 Å². The molecular weight excluding hydrogens is 345 g/mol. The lowest BCUT2D eigenvalue weighted by Crippen LogP contribution is -2.05. The fourth-order valence-electron chi connectivity index (χ4n) is 2.68. The highest BCUT2D eigenvalue weighted by atomic mass is 35.5. The number of anilines is 1. The molecule has 4 rings (SSSR count). The number of fused-ring (bicyclic) bond motifs is 1. The zero-order valence-electron chi connectivity index (χ0n) is 13.0. The number of pyridine rings is 1. The van der Waals surface area contributed by atoms with Crippen molar-refractivity contribution in [1.82, 2.24) is 30.0 Å². The predicted molar refractivity (Wildman–Crippen MR) is 91.4 cm³/mol. The molecule has 0 radical (unpaired) electrons. The maximum atomic E-state index is 13.7. The van der Waals surface area contributed by atoms with E-state index in [1.807, 2.05) is 13.0 Å². The summed E-state index contributed by atoms with van der Waals surface area (Å²) in [5, 5.41) is 11.9. The van der Waals surface area contributed by atoms with Crippen LogP contribution < -0.4 is 5.73 Å². The van der Waals surface area contributed by atoms with E-state index in [1.165, 1.54) is 16.6 Å². The highest BCUT2D eigenvalue weighted by molar-refractivity contribution is 6.29. The smallest absolute Gasteiger partial charge is 0.222 e. The van der Waals surface area contributed by atoms with Crippen LogP contribution in [0.2, 0.25) is 5.15 Å². The number of benzene rings is 1. The van der Waals surface area contributed by atoms with E-state index in [4.69, 9.17) is 17.3 Å². The predicted octanol–water partition coefficient (Wildman–Crippen LogP) is 2.93. The van der Waals surface area contributed by atoms with Crippen LogP contribution in [0.1, 0.15) is 5.69 Å². The Labute approximate surface area is 146 Å². The van der Waals surface area contributed by atoms with Crippen LogP contribution in [0.25, 0.3) is 28.2 Å². The molecule has 0 fully saturated rings. The van der Waals surface area contributed by atoms with Gasteiger partial charge in [0.2, 0.25) is 5.65 Å². The van der Waals surface area contributed by atoms with Gasteiger partial charge in [0.1, 0.15) is 16.7 Å². The molecule has 7 nitrogen and oxygen atoms in total. The number of nitrogens with two attached hydrogens (primary N) is 1. The van der Waals surface area contributed by atoms with Gasteiger partial charge in [-0.15, -0.1) is 5.10 Å². The van der Waals surface area contributed by atoms with E-state index < -0.39 is 0 Å². The van der Waals surface area contributed by atoms with Gasteiger partial charge in [0, 0.05) is 16.8 Å². The molecule has 0 spiro atoms. The highest BCUT2D eigenvalue weighted by Crippen LogP contribution is 2.33. The van der Waals surface area contributed by atoms with Gasteiger partial charge in [-0.05, 0) is 41.6 Å². The summed E-state index contributed by atoms with van der Waals surface area (Å²) in [5.41, 5.74) is 9.23. The number of nitrogens with zero attached hydrogens (tertiary/aromatic N) is 6. The summed E-state index contributed by atoms with van der Waals surface area (Å²) in [6.45, 7) is 1.82. The Morgan fingerprint density at radius 1 is 1.12 bits per heavy atom. The molecule has 25 heavy (non-hydrogen) atoms. The van der Waals surface area contributed by atoms with Crippen LogP contribution in [0.5, 0.6) is 0 Å². The molecule has 2 N–H and O–H groups in total. The van der Waals surface area contributed by atoms with Gasteiger partial charge in [0.15, 0.2) is 5.82 Å². The van der Waals surface area contributed by atoms with Crippen LogP contribution in [-0.2, 0) is 0 Å². The number of hydrogen-bond donors (Lipinski definition) is 1. The molecule has 0 aliphatic heterocycles. The minimum Gasteiger partial charge on any atom is -0.380 e. The second-order valence-corrected chi connectivity index (χ2v) is 5.83. The molecule has 0 saturated carbocycles. The topological polar surface area (TPSA) is 94.9 Å². The van der Waals surface area contributed by atoms with Gasteiger partial charge in [-0.25, -0.2) is 14.4 Å². The lowest BCUT2D eigenvalue weighted by Gasteiger charge is -2.12. The molecule has 0 atom stereocenters. The van der Waals surface area contributed by atoms with E-state index in [0.717, 1.165) is 0 Å². The zero-order valence-corrected chi connectivity index (χ0v) is 13.7. The monoisotopic (exact) mass is 355 g/mol. The van der Waals surface area contributed by atoms with E-state index >= 15 is 0 Å². The Kier molecular flexibility index (Phi) is 3.54. The number of halogens is 2. The third-order valence-corrected chi connectivity index (χ3v) is 3.85. The first kappa shape index (κ1) is 15.4. The molecule has 9 heteroatoms. The number of rotatable bonds is 2. The number of hydrogen-bond acceptors (Lipinski definition) is 6. The summed E-state index contributed by atoms with van der Waals surface area (Å²) < 4.78 is 15.2. The Hall–Kier alpha value is -3.13. The third-order valence-electron chi connectivity index (χ3n) is 3.66. The first-order chi connectivity index (χ1) is 12.0. The van der Waals surface area contributed by atoms with Crippen molar-refractivity contribution < 1.29 is 4.39 Å². The Morgan fingerprint density at radius 2 is 1.96 bits per heavy atom. The molecule has 0 aliphatic carbocycles. The van der Waals surface area contributed by atoms with Gasteiger partial charge in [0.25, 0.3) is 0 Å². The Balaban J connectivity index is 2.12. The maximum absolute atomic E-state index is 13.7. The lowest BCUT2D eigenvalue weighted by molar-refractivity contribution is 0.628. The molecule has 124 valence electrons. The van der Waals surface area contributed by atoms with Gasteiger partial charge in [-0.1, -0.05) is 23.7 Å². The van der Waals surface area contributed by atoms with Crippen molar-refractivity contribution in [3.8, 4) is 22.5 Å². The summed E-state index contributed by atoms with van der Waals surface area (Å²) in [6, 6.07) is 9.56. The van der Waals surface area contributed by atoms with Crippen molar-refractivity contribution in [2.24, 2.45) is 0 Å². The summed E-state index contributed by atoms with van der Waals surface area (Å²) in [6.07, 6.45) is 0. The second kappa shape index (κ2) is 5.75. The summed E-state index contributed by atoms with van der Waals surface area (Å²) in [4.78, 5) is 8.57. The average molecular weight is 356 g/mol. The summed E-state index contributed by atoms with van der Waals surface area (Å²) >= 11 is 6.10. The minimum atomic E-state index is -0.385. The lowest BCUT2D eigenvalue weighted by atomic mass is 10.0. The molecule has 3 aromatic heterocycles. The van der Waals surface area contributed by atoms with Gasteiger partial charge in [0.05, 0.1) is 5.69 Å². The van der Waals surface area contributed by atoms with E-state index in [1.54, 1.807) is 18.2 Å². The first-order valence-electron chi connectivity index (χ1n) is 7.31. The van der Waals surface area contributed by atoms with Crippen molar-refractivity contribution in [3.63, 3.8) is 0 Å². The molecule has 0 amide bonds. The van der Waals surface area contributed by atoms with Gasteiger partial charge < -0.3 is 5.73 Å². The van der Waals surface area contributed by atoms with Crippen molar-refractivity contribution >= 4 is 23.1 Å². The number of aromatic nitrogens is 6. The Bertz CT molecular complexity index is 1090. The molecule has 3 heterocycles. The van der Waals surface area contributed by atoms with Crippen LogP contribution >= 0.6 is 11.6 Å². The highest BCUT2D eigenvalue weighted by Gasteiger charge is 2.19. The fraction of sp³-hybridized carbons (Fsp3) is 0.0625.